The summed E-state index contributed by atoms with van der Waals surface area (Å²) < 4.78 is 12.9. The molecule has 1 rings (SSSR count). The highest BCUT2D eigenvalue weighted by Crippen LogP contribution is 2.16. The third-order valence-electron chi connectivity index (χ3n) is 2.10. The minimum Gasteiger partial charge on any atom is -0.370 e. The Bertz CT molecular complexity index is 371. The molecule has 0 bridgehead atoms. The van der Waals surface area contributed by atoms with Crippen LogP contribution in [0.3, 0.4) is 0 Å². The van der Waals surface area contributed by atoms with E-state index in [4.69, 9.17) is 17.3 Å². The van der Waals surface area contributed by atoms with Gasteiger partial charge in [0.15, 0.2) is 0 Å². The van der Waals surface area contributed by atoms with Gasteiger partial charge in [-0.15, -0.1) is 0 Å². The number of halogens is 2. The minimum absolute atomic E-state index is 0.307. The van der Waals surface area contributed by atoms with E-state index in [-0.39, 0.29) is 11.7 Å². The molecule has 5 heteroatoms. The molecule has 0 radical (unpaired) electrons. The summed E-state index contributed by atoms with van der Waals surface area (Å²) in [5.41, 5.74) is 5.70. The van der Waals surface area contributed by atoms with E-state index in [1.807, 2.05) is 0 Å². The molecule has 0 unspecified atom stereocenters. The van der Waals surface area contributed by atoms with Gasteiger partial charge in [0.2, 0.25) is 5.91 Å². The first kappa shape index (κ1) is 12.9. The lowest BCUT2D eigenvalue weighted by Crippen LogP contribution is -2.18. The van der Waals surface area contributed by atoms with Crippen LogP contribution in [0.1, 0.15) is 18.4 Å². The zero-order valence-corrected chi connectivity index (χ0v) is 9.56. The molecule has 0 aromatic heterocycles. The molecule has 0 aliphatic carbocycles. The molecule has 0 aliphatic rings. The van der Waals surface area contributed by atoms with Gasteiger partial charge >= 0.3 is 0 Å². The van der Waals surface area contributed by atoms with Gasteiger partial charge in [0, 0.05) is 18.0 Å². The van der Waals surface area contributed by atoms with Crippen LogP contribution < -0.4 is 11.1 Å². The zero-order chi connectivity index (χ0) is 12.0. The van der Waals surface area contributed by atoms with E-state index in [1.165, 1.54) is 18.2 Å². The summed E-state index contributed by atoms with van der Waals surface area (Å²) in [5, 5.41) is 3.60. The average molecular weight is 245 g/mol. The maximum atomic E-state index is 12.9. The molecule has 1 aromatic carbocycles. The van der Waals surface area contributed by atoms with Crippen LogP contribution in [-0.4, -0.2) is 12.5 Å². The first-order valence-electron chi connectivity index (χ1n) is 5.02. The number of carbonyl (C=O) groups excluding carboxylic acids is 1. The molecule has 3 nitrogen and oxygen atoms in total. The molecule has 88 valence electrons. The Morgan fingerprint density at radius 1 is 1.50 bits per heavy atom. The lowest BCUT2D eigenvalue weighted by Gasteiger charge is -2.06. The molecule has 0 spiro atoms. The summed E-state index contributed by atoms with van der Waals surface area (Å²) in [4.78, 5) is 10.5. The molecule has 0 saturated carbocycles. The van der Waals surface area contributed by atoms with Gasteiger partial charge in [0.1, 0.15) is 5.82 Å². The van der Waals surface area contributed by atoms with Crippen molar-refractivity contribution in [1.29, 1.82) is 0 Å². The van der Waals surface area contributed by atoms with Gasteiger partial charge in [-0.3, -0.25) is 4.79 Å². The molecule has 0 aliphatic heterocycles. The highest BCUT2D eigenvalue weighted by Gasteiger charge is 2.01. The van der Waals surface area contributed by atoms with Crippen molar-refractivity contribution in [3.05, 3.63) is 34.6 Å². The van der Waals surface area contributed by atoms with Crippen molar-refractivity contribution in [2.45, 2.75) is 19.4 Å². The number of primary amides is 1. The largest absolute Gasteiger partial charge is 0.370 e. The summed E-state index contributed by atoms with van der Waals surface area (Å²) in [6, 6.07) is 4.24. The maximum Gasteiger partial charge on any atom is 0.217 e. The number of hydrogen-bond donors (Lipinski definition) is 2. The smallest absolute Gasteiger partial charge is 0.217 e. The maximum absolute atomic E-state index is 12.9. The molecule has 1 amide bonds. The topological polar surface area (TPSA) is 55.1 Å². The minimum atomic E-state index is -0.314. The normalized spacial score (nSPS) is 10.4. The molecular weight excluding hydrogens is 231 g/mol. The Morgan fingerprint density at radius 3 is 2.94 bits per heavy atom. The number of carbonyl (C=O) groups is 1. The second-order valence-electron chi connectivity index (χ2n) is 3.48. The second kappa shape index (κ2) is 6.45. The predicted octanol–water partition coefficient (Wildman–Crippen LogP) is 1.83. The number of benzene rings is 1. The Morgan fingerprint density at radius 2 is 2.25 bits per heavy atom. The number of nitrogens with two attached hydrogens (primary N) is 1. The molecule has 3 N–H and O–H groups in total. The summed E-state index contributed by atoms with van der Waals surface area (Å²) in [6.07, 6.45) is 1.02. The van der Waals surface area contributed by atoms with Crippen molar-refractivity contribution in [1.82, 2.24) is 5.32 Å². The fourth-order valence-corrected chi connectivity index (χ4v) is 1.47. The quantitative estimate of drug-likeness (QED) is 0.751. The molecule has 1 aromatic rings. The third-order valence-corrected chi connectivity index (χ3v) is 2.47. The Kier molecular flexibility index (Phi) is 5.22. The number of amides is 1. The molecule has 0 saturated heterocycles. The Labute approximate surface area is 98.8 Å². The van der Waals surface area contributed by atoms with Crippen LogP contribution in [0.4, 0.5) is 4.39 Å². The molecular formula is C11H14ClFN2O. The van der Waals surface area contributed by atoms with Gasteiger partial charge < -0.3 is 11.1 Å². The van der Waals surface area contributed by atoms with Crippen LogP contribution in [0.15, 0.2) is 18.2 Å². The van der Waals surface area contributed by atoms with E-state index in [9.17, 15) is 9.18 Å². The van der Waals surface area contributed by atoms with Gasteiger partial charge in [0.05, 0.1) is 0 Å². The zero-order valence-electron chi connectivity index (χ0n) is 8.80. The standard InChI is InChI=1S/C11H14ClFN2O/c12-10-4-3-9(13)6-8(10)7-15-5-1-2-11(14)16/h3-4,6,15H,1-2,5,7H2,(H2,14,16). The SMILES string of the molecule is NC(=O)CCCNCc1cc(F)ccc1Cl. The fourth-order valence-electron chi connectivity index (χ4n) is 1.29. The first-order chi connectivity index (χ1) is 7.59. The van der Waals surface area contributed by atoms with Gasteiger partial charge in [-0.1, -0.05) is 11.6 Å². The van der Waals surface area contributed by atoms with Gasteiger partial charge in [-0.25, -0.2) is 4.39 Å². The van der Waals surface area contributed by atoms with Crippen LogP contribution >= 0.6 is 11.6 Å². The third kappa shape index (κ3) is 4.59. The van der Waals surface area contributed by atoms with Crippen molar-refractivity contribution in [3.63, 3.8) is 0 Å². The highest BCUT2D eigenvalue weighted by molar-refractivity contribution is 6.31. The van der Waals surface area contributed by atoms with Crippen LogP contribution in [0, 0.1) is 5.82 Å². The number of hydrogen-bond acceptors (Lipinski definition) is 2. The fraction of sp³-hybridized carbons (Fsp3) is 0.364. The van der Waals surface area contributed by atoms with E-state index < -0.39 is 0 Å². The van der Waals surface area contributed by atoms with Gasteiger partial charge in [0.25, 0.3) is 0 Å². The van der Waals surface area contributed by atoms with Crippen molar-refractivity contribution < 1.29 is 9.18 Å². The summed E-state index contributed by atoms with van der Waals surface area (Å²) in [5.74, 6) is -0.621. The summed E-state index contributed by atoms with van der Waals surface area (Å²) in [7, 11) is 0. The van der Waals surface area contributed by atoms with Crippen molar-refractivity contribution in [2.75, 3.05) is 6.54 Å². The van der Waals surface area contributed by atoms with Gasteiger partial charge in [-0.05, 0) is 36.7 Å². The summed E-state index contributed by atoms with van der Waals surface area (Å²) in [6.45, 7) is 1.13. The Balaban J connectivity index is 2.31. The van der Waals surface area contributed by atoms with Crippen LogP contribution in [0.5, 0.6) is 0 Å². The number of nitrogens with one attached hydrogen (secondary N) is 1. The second-order valence-corrected chi connectivity index (χ2v) is 3.89. The van der Waals surface area contributed by atoms with Crippen molar-refractivity contribution in [3.8, 4) is 0 Å². The monoisotopic (exact) mass is 244 g/mol. The van der Waals surface area contributed by atoms with Crippen LogP contribution in [0.25, 0.3) is 0 Å². The van der Waals surface area contributed by atoms with E-state index in [0.29, 0.717) is 36.5 Å². The average Bonchev–Trinajstić information content (AvgIpc) is 2.22. The Hall–Kier alpha value is -1.13. The van der Waals surface area contributed by atoms with E-state index in [0.717, 1.165) is 0 Å². The van der Waals surface area contributed by atoms with Gasteiger partial charge in [-0.2, -0.15) is 0 Å². The molecule has 0 atom stereocenters. The van der Waals surface area contributed by atoms with E-state index in [2.05, 4.69) is 5.32 Å². The van der Waals surface area contributed by atoms with Crippen molar-refractivity contribution in [2.24, 2.45) is 5.73 Å². The lowest BCUT2D eigenvalue weighted by atomic mass is 10.2. The molecule has 16 heavy (non-hydrogen) atoms. The van der Waals surface area contributed by atoms with E-state index >= 15 is 0 Å². The molecule has 0 heterocycles. The van der Waals surface area contributed by atoms with Crippen LogP contribution in [0.2, 0.25) is 5.02 Å². The van der Waals surface area contributed by atoms with Crippen molar-refractivity contribution >= 4 is 17.5 Å². The lowest BCUT2D eigenvalue weighted by molar-refractivity contribution is -0.118. The first-order valence-corrected chi connectivity index (χ1v) is 5.40. The number of rotatable bonds is 6. The van der Waals surface area contributed by atoms with E-state index in [1.54, 1.807) is 0 Å². The highest BCUT2D eigenvalue weighted by atomic mass is 35.5. The predicted molar refractivity (Wildman–Crippen MR) is 61.5 cm³/mol. The molecule has 0 fully saturated rings. The van der Waals surface area contributed by atoms with Crippen LogP contribution in [-0.2, 0) is 11.3 Å². The summed E-state index contributed by atoms with van der Waals surface area (Å²) >= 11 is 5.88.